The first-order valence-corrected chi connectivity index (χ1v) is 4.86. The van der Waals surface area contributed by atoms with E-state index in [0.29, 0.717) is 0 Å². The molecule has 0 aliphatic carbocycles. The third-order valence-corrected chi connectivity index (χ3v) is 2.32. The second-order valence-electron chi connectivity index (χ2n) is 3.50. The molecule has 0 fully saturated rings. The second-order valence-corrected chi connectivity index (χ2v) is 3.50. The highest BCUT2D eigenvalue weighted by atomic mass is 16.5. The van der Waals surface area contributed by atoms with Gasteiger partial charge in [0, 0.05) is 0 Å². The van der Waals surface area contributed by atoms with Crippen LogP contribution in [0.5, 0.6) is 5.75 Å². The Labute approximate surface area is 80.7 Å². The first-order valence-electron chi connectivity index (χ1n) is 4.86. The molecule has 0 aliphatic heterocycles. The monoisotopic (exact) mass is 178 g/mol. The van der Waals surface area contributed by atoms with Gasteiger partial charge in [0.15, 0.2) is 0 Å². The van der Waals surface area contributed by atoms with Crippen molar-refractivity contribution < 1.29 is 4.74 Å². The number of ether oxygens (including phenoxy) is 1. The summed E-state index contributed by atoms with van der Waals surface area (Å²) in [6.45, 7) is 9.27. The Kier molecular flexibility index (Phi) is 3.35. The molecular weight excluding hydrogens is 160 g/mol. The normalized spacial score (nSPS) is 10.2. The predicted octanol–water partition coefficient (Wildman–Crippen LogP) is 3.40. The molecule has 0 bridgehead atoms. The van der Waals surface area contributed by atoms with Crippen LogP contribution in [-0.2, 0) is 0 Å². The Balaban J connectivity index is 2.96. The van der Waals surface area contributed by atoms with Crippen LogP contribution < -0.4 is 4.74 Å². The van der Waals surface area contributed by atoms with Crippen molar-refractivity contribution in [3.8, 4) is 5.75 Å². The Hall–Kier alpha value is -0.980. The Bertz CT molecular complexity index is 289. The zero-order chi connectivity index (χ0) is 9.84. The van der Waals surface area contributed by atoms with Crippen LogP contribution in [0, 0.1) is 20.8 Å². The van der Waals surface area contributed by atoms with Crippen LogP contribution >= 0.6 is 0 Å². The fourth-order valence-electron chi connectivity index (χ4n) is 1.35. The lowest BCUT2D eigenvalue weighted by Crippen LogP contribution is -2.00. The van der Waals surface area contributed by atoms with Crippen LogP contribution in [0.2, 0.25) is 0 Å². The van der Waals surface area contributed by atoms with Crippen LogP contribution in [0.4, 0.5) is 0 Å². The van der Waals surface area contributed by atoms with Crippen molar-refractivity contribution in [3.63, 3.8) is 0 Å². The summed E-state index contributed by atoms with van der Waals surface area (Å²) in [5, 5.41) is 0. The third kappa shape index (κ3) is 2.24. The Morgan fingerprint density at radius 3 is 2.31 bits per heavy atom. The molecule has 0 spiro atoms. The standard InChI is InChI=1S/C12H18O/c1-5-8-13-12-10(3)7-6-9(2)11(12)4/h6-7H,5,8H2,1-4H3. The fraction of sp³-hybridized carbons (Fsp3) is 0.500. The van der Waals surface area contributed by atoms with Gasteiger partial charge in [-0.25, -0.2) is 0 Å². The summed E-state index contributed by atoms with van der Waals surface area (Å²) in [6, 6.07) is 4.26. The summed E-state index contributed by atoms with van der Waals surface area (Å²) in [5.74, 6) is 1.07. The number of hydrogen-bond acceptors (Lipinski definition) is 1. The minimum Gasteiger partial charge on any atom is -0.493 e. The molecule has 1 aromatic rings. The van der Waals surface area contributed by atoms with E-state index in [-0.39, 0.29) is 0 Å². The number of aryl methyl sites for hydroxylation is 2. The summed E-state index contributed by atoms with van der Waals surface area (Å²) in [6.07, 6.45) is 1.06. The average Bonchev–Trinajstić information content (AvgIpc) is 2.12. The van der Waals surface area contributed by atoms with Gasteiger partial charge in [-0.15, -0.1) is 0 Å². The van der Waals surface area contributed by atoms with Gasteiger partial charge in [0.05, 0.1) is 6.61 Å². The van der Waals surface area contributed by atoms with Crippen LogP contribution in [0.3, 0.4) is 0 Å². The molecule has 0 radical (unpaired) electrons. The summed E-state index contributed by atoms with van der Waals surface area (Å²) < 4.78 is 5.70. The van der Waals surface area contributed by atoms with Crippen LogP contribution in [0.15, 0.2) is 12.1 Å². The lowest BCUT2D eigenvalue weighted by molar-refractivity contribution is 0.313. The highest BCUT2D eigenvalue weighted by Gasteiger charge is 2.04. The van der Waals surface area contributed by atoms with Gasteiger partial charge in [-0.3, -0.25) is 0 Å². The van der Waals surface area contributed by atoms with Crippen molar-refractivity contribution >= 4 is 0 Å². The van der Waals surface area contributed by atoms with Gasteiger partial charge < -0.3 is 4.74 Å². The van der Waals surface area contributed by atoms with E-state index < -0.39 is 0 Å². The van der Waals surface area contributed by atoms with E-state index in [1.54, 1.807) is 0 Å². The molecule has 0 aromatic heterocycles. The second kappa shape index (κ2) is 4.31. The summed E-state index contributed by atoms with van der Waals surface area (Å²) in [7, 11) is 0. The first-order chi connectivity index (χ1) is 6.16. The van der Waals surface area contributed by atoms with E-state index >= 15 is 0 Å². The lowest BCUT2D eigenvalue weighted by atomic mass is 10.1. The average molecular weight is 178 g/mol. The smallest absolute Gasteiger partial charge is 0.125 e. The molecule has 0 saturated heterocycles. The summed E-state index contributed by atoms with van der Waals surface area (Å²) in [4.78, 5) is 0. The van der Waals surface area contributed by atoms with Crippen LogP contribution in [0.25, 0.3) is 0 Å². The molecule has 1 aromatic carbocycles. The van der Waals surface area contributed by atoms with Gasteiger partial charge in [-0.05, 0) is 43.9 Å². The van der Waals surface area contributed by atoms with Gasteiger partial charge in [-0.2, -0.15) is 0 Å². The molecule has 13 heavy (non-hydrogen) atoms. The van der Waals surface area contributed by atoms with Crippen molar-refractivity contribution in [3.05, 3.63) is 28.8 Å². The van der Waals surface area contributed by atoms with E-state index in [4.69, 9.17) is 4.74 Å². The molecule has 1 rings (SSSR count). The maximum Gasteiger partial charge on any atom is 0.125 e. The topological polar surface area (TPSA) is 9.23 Å². The highest BCUT2D eigenvalue weighted by Crippen LogP contribution is 2.25. The van der Waals surface area contributed by atoms with Gasteiger partial charge >= 0.3 is 0 Å². The largest absolute Gasteiger partial charge is 0.493 e. The van der Waals surface area contributed by atoms with Crippen LogP contribution in [-0.4, -0.2) is 6.61 Å². The molecule has 1 nitrogen and oxygen atoms in total. The molecule has 0 heterocycles. The molecule has 72 valence electrons. The fourth-order valence-corrected chi connectivity index (χ4v) is 1.35. The maximum atomic E-state index is 5.70. The van der Waals surface area contributed by atoms with Gasteiger partial charge in [0.1, 0.15) is 5.75 Å². The number of rotatable bonds is 3. The quantitative estimate of drug-likeness (QED) is 0.689. The first kappa shape index (κ1) is 10.1. The molecule has 0 unspecified atom stereocenters. The van der Waals surface area contributed by atoms with Crippen molar-refractivity contribution in [2.75, 3.05) is 6.61 Å². The van der Waals surface area contributed by atoms with E-state index in [2.05, 4.69) is 39.8 Å². The summed E-state index contributed by atoms with van der Waals surface area (Å²) >= 11 is 0. The van der Waals surface area contributed by atoms with Gasteiger partial charge in [0.2, 0.25) is 0 Å². The zero-order valence-electron chi connectivity index (χ0n) is 8.98. The third-order valence-electron chi connectivity index (χ3n) is 2.32. The van der Waals surface area contributed by atoms with Crippen molar-refractivity contribution in [1.82, 2.24) is 0 Å². The SMILES string of the molecule is CCCOc1c(C)ccc(C)c1C. The number of benzene rings is 1. The summed E-state index contributed by atoms with van der Waals surface area (Å²) in [5.41, 5.74) is 3.81. The number of hydrogen-bond donors (Lipinski definition) is 0. The minimum absolute atomic E-state index is 0.811. The van der Waals surface area contributed by atoms with Gasteiger partial charge in [-0.1, -0.05) is 19.1 Å². The minimum atomic E-state index is 0.811. The molecule has 0 atom stereocenters. The van der Waals surface area contributed by atoms with Crippen molar-refractivity contribution in [2.45, 2.75) is 34.1 Å². The molecule has 0 N–H and O–H groups in total. The van der Waals surface area contributed by atoms with E-state index in [0.717, 1.165) is 18.8 Å². The zero-order valence-corrected chi connectivity index (χ0v) is 8.98. The molecular formula is C12H18O. The lowest BCUT2D eigenvalue weighted by Gasteiger charge is -2.12. The van der Waals surface area contributed by atoms with Crippen molar-refractivity contribution in [1.29, 1.82) is 0 Å². The Morgan fingerprint density at radius 2 is 1.69 bits per heavy atom. The predicted molar refractivity (Wildman–Crippen MR) is 56.4 cm³/mol. The van der Waals surface area contributed by atoms with Crippen LogP contribution in [0.1, 0.15) is 30.0 Å². The highest BCUT2D eigenvalue weighted by molar-refractivity contribution is 5.44. The van der Waals surface area contributed by atoms with Gasteiger partial charge in [0.25, 0.3) is 0 Å². The Morgan fingerprint density at radius 1 is 1.08 bits per heavy atom. The van der Waals surface area contributed by atoms with E-state index in [1.165, 1.54) is 16.7 Å². The molecule has 0 amide bonds. The van der Waals surface area contributed by atoms with E-state index in [9.17, 15) is 0 Å². The molecule has 1 heteroatoms. The molecule has 0 saturated carbocycles. The molecule has 0 aliphatic rings. The van der Waals surface area contributed by atoms with E-state index in [1.807, 2.05) is 0 Å². The maximum absolute atomic E-state index is 5.70. The van der Waals surface area contributed by atoms with Crippen molar-refractivity contribution in [2.24, 2.45) is 0 Å².